The highest BCUT2D eigenvalue weighted by Gasteiger charge is 2.16. The molecule has 0 aliphatic carbocycles. The van der Waals surface area contributed by atoms with Crippen LogP contribution in [-0.2, 0) is 0 Å². The quantitative estimate of drug-likeness (QED) is 0.860. The average Bonchev–Trinajstić information content (AvgIpc) is 2.35. The van der Waals surface area contributed by atoms with E-state index in [4.69, 9.17) is 5.11 Å². The molecule has 0 amide bonds. The van der Waals surface area contributed by atoms with E-state index >= 15 is 0 Å². The van der Waals surface area contributed by atoms with Crippen molar-refractivity contribution in [1.82, 2.24) is 9.97 Å². The smallest absolute Gasteiger partial charge is 0.354 e. The van der Waals surface area contributed by atoms with E-state index in [9.17, 15) is 13.6 Å². The lowest BCUT2D eigenvalue weighted by molar-refractivity contribution is 0.0690. The van der Waals surface area contributed by atoms with Gasteiger partial charge in [-0.15, -0.1) is 0 Å². The molecule has 0 unspecified atom stereocenters. The molecule has 7 heteroatoms. The van der Waals surface area contributed by atoms with Gasteiger partial charge < -0.3 is 5.11 Å². The Labute approximate surface area is 115 Å². The Morgan fingerprint density at radius 2 is 2.00 bits per heavy atom. The third-order valence-electron chi connectivity index (χ3n) is 2.35. The summed E-state index contributed by atoms with van der Waals surface area (Å²) < 4.78 is 26.3. The molecule has 19 heavy (non-hydrogen) atoms. The average molecular weight is 329 g/mol. The number of nitrogens with zero attached hydrogens (tertiary/aromatic N) is 2. The monoisotopic (exact) mass is 328 g/mol. The molecule has 4 nitrogen and oxygen atoms in total. The normalized spacial score (nSPS) is 10.5. The predicted octanol–water partition coefficient (Wildman–Crippen LogP) is 3.19. The van der Waals surface area contributed by atoms with Gasteiger partial charge in [0.1, 0.15) is 0 Å². The molecule has 0 saturated carbocycles. The van der Waals surface area contributed by atoms with Gasteiger partial charge in [0.25, 0.3) is 0 Å². The van der Waals surface area contributed by atoms with Gasteiger partial charge >= 0.3 is 5.97 Å². The van der Waals surface area contributed by atoms with Crippen LogP contribution in [0.5, 0.6) is 0 Å². The molecule has 0 saturated heterocycles. The van der Waals surface area contributed by atoms with Crippen molar-refractivity contribution in [3.05, 3.63) is 45.7 Å². The van der Waals surface area contributed by atoms with E-state index in [1.54, 1.807) is 6.92 Å². The lowest BCUT2D eigenvalue weighted by Gasteiger charge is -2.06. The van der Waals surface area contributed by atoms with Crippen molar-refractivity contribution in [2.75, 3.05) is 0 Å². The fourth-order valence-corrected chi connectivity index (χ4v) is 2.00. The van der Waals surface area contributed by atoms with Crippen molar-refractivity contribution in [1.29, 1.82) is 0 Å². The maximum Gasteiger partial charge on any atom is 0.354 e. The van der Waals surface area contributed by atoms with Crippen LogP contribution in [0.2, 0.25) is 0 Å². The number of carboxylic acids is 1. The number of halogens is 3. The van der Waals surface area contributed by atoms with Crippen molar-refractivity contribution in [2.45, 2.75) is 6.92 Å². The molecular weight excluding hydrogens is 322 g/mol. The van der Waals surface area contributed by atoms with Crippen LogP contribution in [0.25, 0.3) is 11.4 Å². The van der Waals surface area contributed by atoms with Gasteiger partial charge in [-0.25, -0.2) is 23.5 Å². The zero-order chi connectivity index (χ0) is 14.2. The molecule has 0 aliphatic heterocycles. The third-order valence-corrected chi connectivity index (χ3v) is 3.12. The van der Waals surface area contributed by atoms with Gasteiger partial charge in [0, 0.05) is 11.3 Å². The maximum absolute atomic E-state index is 13.4. The summed E-state index contributed by atoms with van der Waals surface area (Å²) in [5, 5.41) is 8.91. The molecule has 1 N–H and O–H groups in total. The molecule has 1 aromatic carbocycles. The zero-order valence-corrected chi connectivity index (χ0v) is 11.2. The van der Waals surface area contributed by atoms with Crippen LogP contribution in [0.3, 0.4) is 0 Å². The Bertz CT molecular complexity index is 677. The summed E-state index contributed by atoms with van der Waals surface area (Å²) >= 11 is 2.91. The SMILES string of the molecule is Cc1cc(C(=O)O)nc(-c2ccc(F)c(F)c2Br)n1. The summed E-state index contributed by atoms with van der Waals surface area (Å²) in [6.45, 7) is 1.59. The first-order valence-electron chi connectivity index (χ1n) is 5.13. The molecule has 0 atom stereocenters. The van der Waals surface area contributed by atoms with Crippen LogP contribution in [0.15, 0.2) is 22.7 Å². The van der Waals surface area contributed by atoms with Gasteiger partial charge in [-0.1, -0.05) is 0 Å². The van der Waals surface area contributed by atoms with Crippen molar-refractivity contribution < 1.29 is 18.7 Å². The standard InChI is InChI=1S/C12H7BrF2N2O2/c1-5-4-8(12(18)19)17-11(16-5)6-2-3-7(14)10(15)9(6)13/h2-4H,1H3,(H,18,19). The summed E-state index contributed by atoms with van der Waals surface area (Å²) in [7, 11) is 0. The first-order chi connectivity index (χ1) is 8.90. The maximum atomic E-state index is 13.4. The van der Waals surface area contributed by atoms with Gasteiger partial charge in [-0.05, 0) is 41.1 Å². The number of aromatic nitrogens is 2. The summed E-state index contributed by atoms with van der Waals surface area (Å²) in [6.07, 6.45) is 0. The Morgan fingerprint density at radius 3 is 2.63 bits per heavy atom. The summed E-state index contributed by atoms with van der Waals surface area (Å²) in [5.74, 6) is -3.28. The largest absolute Gasteiger partial charge is 0.477 e. The minimum Gasteiger partial charge on any atom is -0.477 e. The van der Waals surface area contributed by atoms with Crippen LogP contribution in [0.4, 0.5) is 8.78 Å². The minimum absolute atomic E-state index is 0.0168. The molecule has 1 heterocycles. The van der Waals surface area contributed by atoms with Crippen molar-refractivity contribution in [3.63, 3.8) is 0 Å². The summed E-state index contributed by atoms with van der Waals surface area (Å²) in [5.41, 5.74) is 0.392. The van der Waals surface area contributed by atoms with Crippen molar-refractivity contribution in [2.24, 2.45) is 0 Å². The number of carbonyl (C=O) groups is 1. The number of aryl methyl sites for hydroxylation is 1. The highest BCUT2D eigenvalue weighted by molar-refractivity contribution is 9.10. The van der Waals surface area contributed by atoms with Crippen molar-refractivity contribution >= 4 is 21.9 Å². The van der Waals surface area contributed by atoms with Crippen molar-refractivity contribution in [3.8, 4) is 11.4 Å². The zero-order valence-electron chi connectivity index (χ0n) is 9.62. The molecule has 1 aromatic heterocycles. The second-order valence-corrected chi connectivity index (χ2v) is 4.54. The van der Waals surface area contributed by atoms with Crippen LogP contribution in [-0.4, -0.2) is 21.0 Å². The highest BCUT2D eigenvalue weighted by Crippen LogP contribution is 2.29. The number of hydrogen-bond acceptors (Lipinski definition) is 3. The van der Waals surface area contributed by atoms with Gasteiger partial charge in [0.05, 0.1) is 4.47 Å². The fraction of sp³-hybridized carbons (Fsp3) is 0.0833. The molecule has 0 spiro atoms. The molecule has 0 fully saturated rings. The van der Waals surface area contributed by atoms with Crippen LogP contribution >= 0.6 is 15.9 Å². The first kappa shape index (κ1) is 13.5. The molecule has 0 aliphatic rings. The summed E-state index contributed by atoms with van der Waals surface area (Å²) in [4.78, 5) is 18.7. The van der Waals surface area contributed by atoms with Crippen LogP contribution in [0.1, 0.15) is 16.2 Å². The lowest BCUT2D eigenvalue weighted by Crippen LogP contribution is -2.05. The molecule has 0 bridgehead atoms. The lowest BCUT2D eigenvalue weighted by atomic mass is 10.2. The van der Waals surface area contributed by atoms with E-state index in [-0.39, 0.29) is 21.6 Å². The molecule has 98 valence electrons. The number of carboxylic acid groups (broad SMARTS) is 1. The predicted molar refractivity (Wildman–Crippen MR) is 66.8 cm³/mol. The molecule has 0 radical (unpaired) electrons. The van der Waals surface area contributed by atoms with E-state index in [0.29, 0.717) is 5.69 Å². The molecular formula is C12H7BrF2N2O2. The minimum atomic E-state index is -1.22. The second kappa shape index (κ2) is 5.00. The van der Waals surface area contributed by atoms with Crippen LogP contribution < -0.4 is 0 Å². The van der Waals surface area contributed by atoms with Crippen LogP contribution in [0, 0.1) is 18.6 Å². The Hall–Kier alpha value is -1.89. The van der Waals surface area contributed by atoms with E-state index in [1.807, 2.05) is 0 Å². The topological polar surface area (TPSA) is 63.1 Å². The van der Waals surface area contributed by atoms with E-state index in [2.05, 4.69) is 25.9 Å². The van der Waals surface area contributed by atoms with E-state index in [0.717, 1.165) is 6.07 Å². The second-order valence-electron chi connectivity index (χ2n) is 3.75. The number of rotatable bonds is 2. The number of benzene rings is 1. The van der Waals surface area contributed by atoms with E-state index in [1.165, 1.54) is 12.1 Å². The van der Waals surface area contributed by atoms with Gasteiger partial charge in [0.15, 0.2) is 23.2 Å². The third kappa shape index (κ3) is 2.60. The Kier molecular flexibility index (Phi) is 3.57. The summed E-state index contributed by atoms with van der Waals surface area (Å²) in [6, 6.07) is 3.50. The van der Waals surface area contributed by atoms with E-state index < -0.39 is 17.6 Å². The van der Waals surface area contributed by atoms with Gasteiger partial charge in [-0.3, -0.25) is 0 Å². The highest BCUT2D eigenvalue weighted by atomic mass is 79.9. The van der Waals surface area contributed by atoms with Gasteiger partial charge in [-0.2, -0.15) is 0 Å². The number of hydrogen-bond donors (Lipinski definition) is 1. The number of aromatic carboxylic acids is 1. The first-order valence-corrected chi connectivity index (χ1v) is 5.92. The molecule has 2 aromatic rings. The van der Waals surface area contributed by atoms with Gasteiger partial charge in [0.2, 0.25) is 0 Å². The Morgan fingerprint density at radius 1 is 1.32 bits per heavy atom. The Balaban J connectivity index is 2.65. The molecule has 2 rings (SSSR count). The fourth-order valence-electron chi connectivity index (χ4n) is 1.50.